The van der Waals surface area contributed by atoms with Gasteiger partial charge in [-0.05, 0) is 12.1 Å². The van der Waals surface area contributed by atoms with Gasteiger partial charge in [0.05, 0.1) is 20.3 Å². The van der Waals surface area contributed by atoms with Crippen LogP contribution in [0.1, 0.15) is 5.56 Å². The van der Waals surface area contributed by atoms with Gasteiger partial charge in [0.25, 0.3) is 0 Å². The molecule has 1 N–H and O–H groups in total. The summed E-state index contributed by atoms with van der Waals surface area (Å²) in [7, 11) is 1.45. The Bertz CT molecular complexity index is 347. The Kier molecular flexibility index (Phi) is 2.17. The van der Waals surface area contributed by atoms with Gasteiger partial charge in [0.15, 0.2) is 0 Å². The van der Waals surface area contributed by atoms with Crippen LogP contribution in [0.25, 0.3) is 0 Å². The van der Waals surface area contributed by atoms with E-state index >= 15 is 0 Å². The molecule has 1 aromatic carbocycles. The molecule has 3 nitrogen and oxygen atoms in total. The van der Waals surface area contributed by atoms with Gasteiger partial charge in [0.1, 0.15) is 17.2 Å². The fourth-order valence-electron chi connectivity index (χ4n) is 1.50. The molecule has 0 spiro atoms. The van der Waals surface area contributed by atoms with Crippen LogP contribution in [-0.2, 0) is 10.3 Å². The summed E-state index contributed by atoms with van der Waals surface area (Å²) in [6, 6.07) is 4.08. The molecule has 0 bridgehead atoms. The Hall–Kier alpha value is -1.13. The zero-order valence-corrected chi connectivity index (χ0v) is 7.79. The van der Waals surface area contributed by atoms with Crippen molar-refractivity contribution in [3.8, 4) is 5.75 Å². The molecule has 1 aliphatic heterocycles. The second kappa shape index (κ2) is 3.22. The Labute approximate surface area is 81.1 Å². The van der Waals surface area contributed by atoms with E-state index in [2.05, 4.69) is 0 Å². The third-order valence-corrected chi connectivity index (χ3v) is 2.35. The monoisotopic (exact) mass is 198 g/mol. The molecule has 4 heteroatoms. The first kappa shape index (κ1) is 9.43. The maximum atomic E-state index is 12.9. The quantitative estimate of drug-likeness (QED) is 0.772. The normalized spacial score (nSPS) is 18.8. The first-order valence-corrected chi connectivity index (χ1v) is 4.30. The van der Waals surface area contributed by atoms with Gasteiger partial charge >= 0.3 is 0 Å². The zero-order valence-electron chi connectivity index (χ0n) is 7.79. The van der Waals surface area contributed by atoms with Crippen LogP contribution in [0.4, 0.5) is 4.39 Å². The highest BCUT2D eigenvalue weighted by atomic mass is 19.1. The molecule has 0 radical (unpaired) electrons. The number of hydrogen-bond acceptors (Lipinski definition) is 3. The molecule has 76 valence electrons. The van der Waals surface area contributed by atoms with Gasteiger partial charge in [-0.2, -0.15) is 0 Å². The van der Waals surface area contributed by atoms with Crippen molar-refractivity contribution in [3.63, 3.8) is 0 Å². The number of rotatable bonds is 2. The van der Waals surface area contributed by atoms with Gasteiger partial charge in [0.2, 0.25) is 0 Å². The lowest BCUT2D eigenvalue weighted by Crippen LogP contribution is -2.46. The Morgan fingerprint density at radius 1 is 1.50 bits per heavy atom. The van der Waals surface area contributed by atoms with E-state index in [0.29, 0.717) is 11.3 Å². The molecular weight excluding hydrogens is 187 g/mol. The van der Waals surface area contributed by atoms with Crippen molar-refractivity contribution in [2.24, 2.45) is 0 Å². The van der Waals surface area contributed by atoms with E-state index in [0.717, 1.165) is 0 Å². The van der Waals surface area contributed by atoms with Crippen LogP contribution < -0.4 is 4.74 Å². The van der Waals surface area contributed by atoms with E-state index in [4.69, 9.17) is 9.47 Å². The molecule has 0 aliphatic carbocycles. The molecule has 0 aromatic heterocycles. The molecule has 1 aromatic rings. The van der Waals surface area contributed by atoms with Crippen molar-refractivity contribution in [2.45, 2.75) is 5.60 Å². The molecule has 14 heavy (non-hydrogen) atoms. The highest BCUT2D eigenvalue weighted by molar-refractivity contribution is 5.39. The van der Waals surface area contributed by atoms with E-state index in [9.17, 15) is 9.50 Å². The van der Waals surface area contributed by atoms with Gasteiger partial charge in [-0.3, -0.25) is 0 Å². The minimum Gasteiger partial charge on any atom is -0.496 e. The number of halogens is 1. The summed E-state index contributed by atoms with van der Waals surface area (Å²) in [6.45, 7) is 0.462. The summed E-state index contributed by atoms with van der Waals surface area (Å²) in [5.74, 6) is -0.0229. The van der Waals surface area contributed by atoms with Gasteiger partial charge in [-0.1, -0.05) is 0 Å². The van der Waals surface area contributed by atoms with Crippen LogP contribution in [0.2, 0.25) is 0 Å². The highest BCUT2D eigenvalue weighted by Gasteiger charge is 2.40. The smallest absolute Gasteiger partial charge is 0.140 e. The topological polar surface area (TPSA) is 38.7 Å². The SMILES string of the molecule is COc1cc(F)ccc1C1(O)COC1. The Morgan fingerprint density at radius 3 is 2.71 bits per heavy atom. The first-order valence-electron chi connectivity index (χ1n) is 4.30. The molecule has 1 saturated heterocycles. The second-order valence-electron chi connectivity index (χ2n) is 3.37. The molecule has 0 unspecified atom stereocenters. The van der Waals surface area contributed by atoms with Crippen LogP contribution in [0, 0.1) is 5.82 Å². The first-order chi connectivity index (χ1) is 6.65. The lowest BCUT2D eigenvalue weighted by molar-refractivity contribution is -0.185. The summed E-state index contributed by atoms with van der Waals surface area (Å²) in [4.78, 5) is 0. The van der Waals surface area contributed by atoms with Gasteiger partial charge in [0, 0.05) is 11.6 Å². The predicted molar refractivity (Wildman–Crippen MR) is 47.7 cm³/mol. The van der Waals surface area contributed by atoms with Crippen LogP contribution in [0.15, 0.2) is 18.2 Å². The number of ether oxygens (including phenoxy) is 2. The summed E-state index contributed by atoms with van der Waals surface area (Å²) < 4.78 is 22.8. The molecule has 2 rings (SSSR count). The Balaban J connectivity index is 2.41. The van der Waals surface area contributed by atoms with Crippen LogP contribution >= 0.6 is 0 Å². The number of methoxy groups -OCH3 is 1. The van der Waals surface area contributed by atoms with Crippen molar-refractivity contribution in [1.82, 2.24) is 0 Å². The molecule has 1 heterocycles. The lowest BCUT2D eigenvalue weighted by Gasteiger charge is -2.37. The van der Waals surface area contributed by atoms with Crippen LogP contribution in [-0.4, -0.2) is 25.4 Å². The molecule has 1 aliphatic rings. The van der Waals surface area contributed by atoms with Crippen LogP contribution in [0.3, 0.4) is 0 Å². The summed E-state index contributed by atoms with van der Waals surface area (Å²) in [6.07, 6.45) is 0. The van der Waals surface area contributed by atoms with Gasteiger partial charge in [-0.15, -0.1) is 0 Å². The number of benzene rings is 1. The van der Waals surface area contributed by atoms with E-state index in [1.165, 1.54) is 25.3 Å². The summed E-state index contributed by atoms with van der Waals surface area (Å²) in [5.41, 5.74) is -0.438. The standard InChI is InChI=1S/C10H11FO3/c1-13-9-4-7(11)2-3-8(9)10(12)5-14-6-10/h2-4,12H,5-6H2,1H3. The molecule has 0 amide bonds. The van der Waals surface area contributed by atoms with E-state index in [-0.39, 0.29) is 19.0 Å². The lowest BCUT2D eigenvalue weighted by atomic mass is 9.91. The maximum absolute atomic E-state index is 12.9. The van der Waals surface area contributed by atoms with Crippen molar-refractivity contribution in [2.75, 3.05) is 20.3 Å². The van der Waals surface area contributed by atoms with Crippen molar-refractivity contribution < 1.29 is 19.0 Å². The fraction of sp³-hybridized carbons (Fsp3) is 0.400. The third kappa shape index (κ3) is 1.36. The minimum absolute atomic E-state index is 0.231. The molecule has 1 fully saturated rings. The second-order valence-corrected chi connectivity index (χ2v) is 3.37. The Morgan fingerprint density at radius 2 is 2.21 bits per heavy atom. The molecule has 0 atom stereocenters. The van der Waals surface area contributed by atoms with Gasteiger partial charge in [-0.25, -0.2) is 4.39 Å². The fourth-order valence-corrected chi connectivity index (χ4v) is 1.50. The third-order valence-electron chi connectivity index (χ3n) is 2.35. The molecule has 0 saturated carbocycles. The molecular formula is C10H11FO3. The van der Waals surface area contributed by atoms with Crippen molar-refractivity contribution in [1.29, 1.82) is 0 Å². The minimum atomic E-state index is -1.01. The number of aliphatic hydroxyl groups is 1. The largest absolute Gasteiger partial charge is 0.496 e. The average molecular weight is 198 g/mol. The summed E-state index contributed by atoms with van der Waals surface area (Å²) >= 11 is 0. The van der Waals surface area contributed by atoms with E-state index in [1.54, 1.807) is 0 Å². The predicted octanol–water partition coefficient (Wildman–Crippen LogP) is 1.05. The van der Waals surface area contributed by atoms with E-state index < -0.39 is 5.60 Å². The van der Waals surface area contributed by atoms with E-state index in [1.807, 2.05) is 0 Å². The average Bonchev–Trinajstić information content (AvgIpc) is 2.14. The zero-order chi connectivity index (χ0) is 10.2. The van der Waals surface area contributed by atoms with Crippen molar-refractivity contribution >= 4 is 0 Å². The summed E-state index contributed by atoms with van der Waals surface area (Å²) in [5, 5.41) is 9.96. The highest BCUT2D eigenvalue weighted by Crippen LogP contribution is 2.35. The number of hydrogen-bond donors (Lipinski definition) is 1. The maximum Gasteiger partial charge on any atom is 0.140 e. The van der Waals surface area contributed by atoms with Crippen LogP contribution in [0.5, 0.6) is 5.75 Å². The van der Waals surface area contributed by atoms with Crippen molar-refractivity contribution in [3.05, 3.63) is 29.6 Å². The van der Waals surface area contributed by atoms with Gasteiger partial charge < -0.3 is 14.6 Å².